The molecule has 1 heterocycles. The normalized spacial score (nSPS) is 11.6. The fourth-order valence-electron chi connectivity index (χ4n) is 1.95. The first-order chi connectivity index (χ1) is 10.9. The topological polar surface area (TPSA) is 56.7 Å². The molecule has 0 aliphatic rings. The van der Waals surface area contributed by atoms with Crippen LogP contribution in [0.1, 0.15) is 0 Å². The summed E-state index contributed by atoms with van der Waals surface area (Å²) in [5.74, 6) is 0.513. The molecule has 23 heavy (non-hydrogen) atoms. The monoisotopic (exact) mass is 336 g/mol. The molecule has 0 atom stereocenters. The lowest BCUT2D eigenvalue weighted by Crippen LogP contribution is -1.99. The summed E-state index contributed by atoms with van der Waals surface area (Å²) in [4.78, 5) is 4.33. The van der Waals surface area contributed by atoms with Gasteiger partial charge in [0.25, 0.3) is 0 Å². The van der Waals surface area contributed by atoms with Crippen LogP contribution in [0.4, 0.5) is 18.9 Å². The molecular weight excluding hydrogens is 325 g/mol. The number of halogens is 3. The van der Waals surface area contributed by atoms with Gasteiger partial charge in [-0.1, -0.05) is 0 Å². The molecule has 0 aliphatic heterocycles. The van der Waals surface area contributed by atoms with Gasteiger partial charge in [0.05, 0.1) is 5.69 Å². The summed E-state index contributed by atoms with van der Waals surface area (Å²) in [5.41, 5.74) is 3.42. The fraction of sp³-hybridized carbons (Fsp3) is 0.0667. The van der Waals surface area contributed by atoms with Crippen molar-refractivity contribution >= 4 is 17.4 Å². The van der Waals surface area contributed by atoms with Crippen LogP contribution in [0.3, 0.4) is 0 Å². The SMILES string of the molecule is Nc1ccc(-c2ncn(-c3ccc(SC(F)(F)F)cc3)n2)cc1. The largest absolute Gasteiger partial charge is 0.446 e. The quantitative estimate of drug-likeness (QED) is 0.577. The third-order valence-electron chi connectivity index (χ3n) is 3.00. The predicted molar refractivity (Wildman–Crippen MR) is 83.1 cm³/mol. The van der Waals surface area contributed by atoms with Gasteiger partial charge in [0.2, 0.25) is 0 Å². The van der Waals surface area contributed by atoms with Gasteiger partial charge in [-0.25, -0.2) is 9.67 Å². The van der Waals surface area contributed by atoms with E-state index in [1.807, 2.05) is 0 Å². The molecule has 8 heteroatoms. The average molecular weight is 336 g/mol. The molecule has 0 saturated carbocycles. The van der Waals surface area contributed by atoms with E-state index in [1.54, 1.807) is 36.4 Å². The van der Waals surface area contributed by atoms with Crippen molar-refractivity contribution < 1.29 is 13.2 Å². The Hall–Kier alpha value is -2.48. The first-order valence-corrected chi connectivity index (χ1v) is 7.36. The van der Waals surface area contributed by atoms with Crippen LogP contribution < -0.4 is 5.73 Å². The minimum atomic E-state index is -4.29. The number of aromatic nitrogens is 3. The molecule has 4 nitrogen and oxygen atoms in total. The van der Waals surface area contributed by atoms with Crippen molar-refractivity contribution in [1.82, 2.24) is 14.8 Å². The Kier molecular flexibility index (Phi) is 3.99. The summed E-state index contributed by atoms with van der Waals surface area (Å²) in [6.07, 6.45) is 1.51. The highest BCUT2D eigenvalue weighted by molar-refractivity contribution is 8.00. The molecule has 0 bridgehead atoms. The number of rotatable bonds is 3. The second-order valence-corrected chi connectivity index (χ2v) is 5.81. The maximum Gasteiger partial charge on any atom is 0.446 e. The van der Waals surface area contributed by atoms with Crippen LogP contribution in [0.15, 0.2) is 59.8 Å². The lowest BCUT2D eigenvalue weighted by molar-refractivity contribution is -0.0328. The van der Waals surface area contributed by atoms with Gasteiger partial charge in [0.15, 0.2) is 5.82 Å². The van der Waals surface area contributed by atoms with E-state index in [4.69, 9.17) is 5.73 Å². The minimum absolute atomic E-state index is 0.125. The number of alkyl halides is 3. The zero-order valence-electron chi connectivity index (χ0n) is 11.7. The number of nitrogens with two attached hydrogens (primary N) is 1. The van der Waals surface area contributed by atoms with E-state index in [2.05, 4.69) is 10.1 Å². The molecule has 3 rings (SSSR count). The number of hydrogen-bond donors (Lipinski definition) is 1. The van der Waals surface area contributed by atoms with Gasteiger partial charge in [-0.05, 0) is 60.3 Å². The van der Waals surface area contributed by atoms with Crippen molar-refractivity contribution in [2.75, 3.05) is 5.73 Å². The highest BCUT2D eigenvalue weighted by Gasteiger charge is 2.29. The van der Waals surface area contributed by atoms with Crippen LogP contribution in [0.5, 0.6) is 0 Å². The summed E-state index contributed by atoms with van der Waals surface area (Å²) in [6.45, 7) is 0. The van der Waals surface area contributed by atoms with Gasteiger partial charge in [-0.15, -0.1) is 5.10 Å². The van der Waals surface area contributed by atoms with Crippen molar-refractivity contribution in [3.05, 3.63) is 54.9 Å². The first-order valence-electron chi connectivity index (χ1n) is 6.54. The van der Waals surface area contributed by atoms with E-state index < -0.39 is 5.51 Å². The Balaban J connectivity index is 1.81. The third kappa shape index (κ3) is 3.84. The zero-order chi connectivity index (χ0) is 16.4. The van der Waals surface area contributed by atoms with Crippen LogP contribution in [-0.4, -0.2) is 20.3 Å². The molecule has 0 saturated heterocycles. The molecule has 3 aromatic rings. The van der Waals surface area contributed by atoms with Gasteiger partial charge >= 0.3 is 5.51 Å². The number of nitrogens with zero attached hydrogens (tertiary/aromatic N) is 3. The lowest BCUT2D eigenvalue weighted by atomic mass is 10.2. The highest BCUT2D eigenvalue weighted by atomic mass is 32.2. The van der Waals surface area contributed by atoms with Crippen LogP contribution in [0.2, 0.25) is 0 Å². The second-order valence-electron chi connectivity index (χ2n) is 4.68. The summed E-state index contributed by atoms with van der Waals surface area (Å²) >= 11 is -0.149. The van der Waals surface area contributed by atoms with Crippen LogP contribution >= 0.6 is 11.8 Å². The van der Waals surface area contributed by atoms with Gasteiger partial charge in [-0.3, -0.25) is 0 Å². The minimum Gasteiger partial charge on any atom is -0.399 e. The van der Waals surface area contributed by atoms with Crippen LogP contribution in [0, 0.1) is 0 Å². The molecule has 0 unspecified atom stereocenters. The van der Waals surface area contributed by atoms with Crippen molar-refractivity contribution in [3.8, 4) is 17.1 Å². The summed E-state index contributed by atoms with van der Waals surface area (Å²) < 4.78 is 38.4. The third-order valence-corrected chi connectivity index (χ3v) is 3.73. The Morgan fingerprint density at radius 3 is 2.22 bits per heavy atom. The first kappa shape index (κ1) is 15.4. The van der Waals surface area contributed by atoms with E-state index in [1.165, 1.54) is 23.1 Å². The maximum atomic E-state index is 12.3. The summed E-state index contributed by atoms with van der Waals surface area (Å²) in [7, 11) is 0. The Morgan fingerprint density at radius 1 is 0.957 bits per heavy atom. The molecule has 2 aromatic carbocycles. The Bertz CT molecular complexity index is 795. The van der Waals surface area contributed by atoms with E-state index in [9.17, 15) is 13.2 Å². The van der Waals surface area contributed by atoms with Gasteiger partial charge in [0.1, 0.15) is 6.33 Å². The number of anilines is 1. The number of benzene rings is 2. The van der Waals surface area contributed by atoms with E-state index >= 15 is 0 Å². The summed E-state index contributed by atoms with van der Waals surface area (Å²) in [5, 5.41) is 4.32. The van der Waals surface area contributed by atoms with Crippen molar-refractivity contribution in [1.29, 1.82) is 0 Å². The molecule has 118 valence electrons. The Labute approximate surface area is 134 Å². The maximum absolute atomic E-state index is 12.3. The second kappa shape index (κ2) is 5.96. The van der Waals surface area contributed by atoms with Crippen molar-refractivity contribution in [2.24, 2.45) is 0 Å². The predicted octanol–water partition coefficient (Wildman–Crippen LogP) is 4.13. The van der Waals surface area contributed by atoms with Crippen molar-refractivity contribution in [3.63, 3.8) is 0 Å². The highest BCUT2D eigenvalue weighted by Crippen LogP contribution is 2.36. The molecule has 2 N–H and O–H groups in total. The van der Waals surface area contributed by atoms with E-state index in [0.29, 0.717) is 17.2 Å². The molecule has 0 radical (unpaired) electrons. The number of nitrogen functional groups attached to an aromatic ring is 1. The number of hydrogen-bond acceptors (Lipinski definition) is 4. The standard InChI is InChI=1S/C15H11F3N4S/c16-15(17,18)23-13-7-5-12(6-8-13)22-9-20-14(21-22)10-1-3-11(19)4-2-10/h1-9H,19H2. The van der Waals surface area contributed by atoms with E-state index in [0.717, 1.165) is 5.56 Å². The van der Waals surface area contributed by atoms with Gasteiger partial charge < -0.3 is 5.73 Å². The molecule has 1 aromatic heterocycles. The van der Waals surface area contributed by atoms with E-state index in [-0.39, 0.29) is 16.7 Å². The molecule has 0 amide bonds. The Morgan fingerprint density at radius 2 is 1.61 bits per heavy atom. The molecule has 0 aliphatic carbocycles. The van der Waals surface area contributed by atoms with Gasteiger partial charge in [0, 0.05) is 16.1 Å². The average Bonchev–Trinajstić information content (AvgIpc) is 2.97. The van der Waals surface area contributed by atoms with Crippen LogP contribution in [0.25, 0.3) is 17.1 Å². The van der Waals surface area contributed by atoms with Gasteiger partial charge in [-0.2, -0.15) is 13.2 Å². The van der Waals surface area contributed by atoms with Crippen molar-refractivity contribution in [2.45, 2.75) is 10.4 Å². The number of thioether (sulfide) groups is 1. The molecule has 0 spiro atoms. The molecular formula is C15H11F3N4S. The smallest absolute Gasteiger partial charge is 0.399 e. The molecule has 0 fully saturated rings. The lowest BCUT2D eigenvalue weighted by Gasteiger charge is -2.06. The van der Waals surface area contributed by atoms with Crippen LogP contribution in [-0.2, 0) is 0 Å². The summed E-state index contributed by atoms with van der Waals surface area (Å²) in [6, 6.07) is 13.0. The fourth-order valence-corrected chi connectivity index (χ4v) is 2.49. The zero-order valence-corrected chi connectivity index (χ0v) is 12.5.